The molecular formula is C28H26O2. The summed E-state index contributed by atoms with van der Waals surface area (Å²) in [6.45, 7) is 6.54. The molecule has 0 radical (unpaired) electrons. The molecule has 0 heterocycles. The highest BCUT2D eigenvalue weighted by Gasteiger charge is 2.28. The molecule has 1 aliphatic rings. The van der Waals surface area contributed by atoms with Gasteiger partial charge in [-0.2, -0.15) is 0 Å². The molecule has 0 saturated carbocycles. The van der Waals surface area contributed by atoms with Crippen LogP contribution in [0, 0.1) is 6.92 Å². The van der Waals surface area contributed by atoms with Gasteiger partial charge in [0.25, 0.3) is 0 Å². The van der Waals surface area contributed by atoms with Gasteiger partial charge >= 0.3 is 5.97 Å². The molecule has 4 rings (SSSR count). The first-order valence-electron chi connectivity index (χ1n) is 10.3. The number of hydrogen-bond donors (Lipinski definition) is 1. The molecular weight excluding hydrogens is 368 g/mol. The lowest BCUT2D eigenvalue weighted by atomic mass is 9.72. The van der Waals surface area contributed by atoms with E-state index >= 15 is 0 Å². The van der Waals surface area contributed by atoms with Crippen LogP contribution >= 0.6 is 0 Å². The van der Waals surface area contributed by atoms with Gasteiger partial charge in [0.2, 0.25) is 0 Å². The normalized spacial score (nSPS) is 15.0. The van der Waals surface area contributed by atoms with Crippen LogP contribution < -0.4 is 0 Å². The van der Waals surface area contributed by atoms with E-state index in [1.807, 2.05) is 13.0 Å². The molecule has 0 atom stereocenters. The summed E-state index contributed by atoms with van der Waals surface area (Å²) in [6.07, 6.45) is 7.55. The van der Waals surface area contributed by atoms with Crippen molar-refractivity contribution in [1.82, 2.24) is 0 Å². The van der Waals surface area contributed by atoms with Gasteiger partial charge in [-0.15, -0.1) is 0 Å². The molecule has 150 valence electrons. The second-order valence-corrected chi connectivity index (χ2v) is 8.59. The lowest BCUT2D eigenvalue weighted by molar-refractivity contribution is 0.0697. The smallest absolute Gasteiger partial charge is 0.335 e. The minimum atomic E-state index is -0.897. The highest BCUT2D eigenvalue weighted by molar-refractivity contribution is 5.89. The third kappa shape index (κ3) is 3.86. The zero-order chi connectivity index (χ0) is 21.3. The summed E-state index contributed by atoms with van der Waals surface area (Å²) in [4.78, 5) is 11.2. The van der Waals surface area contributed by atoms with Gasteiger partial charge in [0.15, 0.2) is 0 Å². The number of rotatable bonds is 4. The third-order valence-electron chi connectivity index (χ3n) is 5.94. The number of carboxylic acids is 1. The van der Waals surface area contributed by atoms with Gasteiger partial charge in [-0.1, -0.05) is 80.6 Å². The Morgan fingerprint density at radius 1 is 0.967 bits per heavy atom. The van der Waals surface area contributed by atoms with E-state index in [-0.39, 0.29) is 5.41 Å². The summed E-state index contributed by atoms with van der Waals surface area (Å²) in [7, 11) is 0. The van der Waals surface area contributed by atoms with Crippen molar-refractivity contribution in [3.05, 3.63) is 112 Å². The fraction of sp³-hybridized carbons (Fsp3) is 0.179. The van der Waals surface area contributed by atoms with Gasteiger partial charge < -0.3 is 5.11 Å². The van der Waals surface area contributed by atoms with Gasteiger partial charge in [0, 0.05) is 0 Å². The minimum absolute atomic E-state index is 0.110. The van der Waals surface area contributed by atoms with Crippen molar-refractivity contribution in [1.29, 1.82) is 0 Å². The Morgan fingerprint density at radius 2 is 1.73 bits per heavy atom. The summed E-state index contributed by atoms with van der Waals surface area (Å²) in [5.74, 6) is -0.897. The van der Waals surface area contributed by atoms with Crippen LogP contribution in [-0.2, 0) is 5.41 Å². The second kappa shape index (κ2) is 7.79. The Balaban J connectivity index is 1.72. The van der Waals surface area contributed by atoms with E-state index in [0.717, 1.165) is 23.1 Å². The van der Waals surface area contributed by atoms with Crippen molar-refractivity contribution in [3.63, 3.8) is 0 Å². The maximum Gasteiger partial charge on any atom is 0.335 e. The number of aromatic carboxylic acids is 1. The van der Waals surface area contributed by atoms with E-state index in [2.05, 4.69) is 80.6 Å². The molecule has 30 heavy (non-hydrogen) atoms. The summed E-state index contributed by atoms with van der Waals surface area (Å²) >= 11 is 0. The molecule has 3 aromatic rings. The van der Waals surface area contributed by atoms with Crippen LogP contribution in [0.3, 0.4) is 0 Å². The van der Waals surface area contributed by atoms with Crippen molar-refractivity contribution in [2.24, 2.45) is 0 Å². The Kier molecular flexibility index (Phi) is 5.17. The highest BCUT2D eigenvalue weighted by atomic mass is 16.4. The average Bonchev–Trinajstić information content (AvgIpc) is 2.73. The van der Waals surface area contributed by atoms with E-state index < -0.39 is 5.97 Å². The summed E-state index contributed by atoms with van der Waals surface area (Å²) in [5.41, 5.74) is 8.75. The van der Waals surface area contributed by atoms with Crippen molar-refractivity contribution >= 4 is 23.7 Å². The largest absolute Gasteiger partial charge is 0.478 e. The fourth-order valence-electron chi connectivity index (χ4n) is 4.13. The number of fused-ring (bicyclic) bond motifs is 1. The number of carbonyl (C=O) groups is 1. The lowest BCUT2D eigenvalue weighted by Gasteiger charge is -2.32. The van der Waals surface area contributed by atoms with Crippen molar-refractivity contribution in [3.8, 4) is 0 Å². The fourth-order valence-corrected chi connectivity index (χ4v) is 4.13. The number of aryl methyl sites for hydroxylation is 1. The molecule has 0 bridgehead atoms. The Labute approximate surface area is 178 Å². The van der Waals surface area contributed by atoms with Crippen molar-refractivity contribution in [2.75, 3.05) is 0 Å². The first kappa shape index (κ1) is 19.9. The molecule has 1 N–H and O–H groups in total. The molecule has 0 fully saturated rings. The van der Waals surface area contributed by atoms with Crippen molar-refractivity contribution in [2.45, 2.75) is 32.6 Å². The molecule has 0 unspecified atom stereocenters. The quantitative estimate of drug-likeness (QED) is 0.485. The summed E-state index contributed by atoms with van der Waals surface area (Å²) in [6, 6.07) is 22.5. The maximum atomic E-state index is 11.2. The number of benzene rings is 3. The Morgan fingerprint density at radius 3 is 2.43 bits per heavy atom. The number of allylic oxidation sites excluding steroid dienone is 1. The zero-order valence-electron chi connectivity index (χ0n) is 17.6. The zero-order valence-corrected chi connectivity index (χ0v) is 17.6. The molecule has 0 amide bonds. The van der Waals surface area contributed by atoms with Gasteiger partial charge in [-0.25, -0.2) is 4.79 Å². The van der Waals surface area contributed by atoms with E-state index in [4.69, 9.17) is 5.11 Å². The Hall–Kier alpha value is -3.39. The lowest BCUT2D eigenvalue weighted by Crippen LogP contribution is -2.21. The third-order valence-corrected chi connectivity index (χ3v) is 5.94. The molecule has 0 aliphatic heterocycles. The van der Waals surface area contributed by atoms with Gasteiger partial charge in [0.05, 0.1) is 5.56 Å². The maximum absolute atomic E-state index is 11.2. The van der Waals surface area contributed by atoms with E-state index in [0.29, 0.717) is 5.56 Å². The van der Waals surface area contributed by atoms with Gasteiger partial charge in [-0.3, -0.25) is 0 Å². The van der Waals surface area contributed by atoms with Crippen LogP contribution in [0.1, 0.15) is 64.0 Å². The van der Waals surface area contributed by atoms with Crippen LogP contribution in [0.25, 0.3) is 17.7 Å². The average molecular weight is 395 g/mol. The Bertz CT molecular complexity index is 1160. The van der Waals surface area contributed by atoms with Gasteiger partial charge in [-0.05, 0) is 75.9 Å². The van der Waals surface area contributed by atoms with Crippen LogP contribution in [0.5, 0.6) is 0 Å². The second-order valence-electron chi connectivity index (χ2n) is 8.59. The minimum Gasteiger partial charge on any atom is -0.478 e. The van der Waals surface area contributed by atoms with Crippen LogP contribution in [0.4, 0.5) is 0 Å². The molecule has 3 aromatic carbocycles. The highest BCUT2D eigenvalue weighted by Crippen LogP contribution is 2.41. The monoisotopic (exact) mass is 394 g/mol. The van der Waals surface area contributed by atoms with E-state index in [9.17, 15) is 4.79 Å². The molecule has 0 saturated heterocycles. The molecule has 0 spiro atoms. The number of carboxylic acid groups (broad SMARTS) is 1. The standard InChI is InChI=1S/C28H26O2/c1-19-17-23(27(29)30)13-12-21(19)11-9-20-10-14-26-25(18-20)24(15-16-28(26,2)3)22-7-5-4-6-8-22/h4-15,17-18H,16H2,1-3H3,(H,29,30)/b11-9+. The predicted octanol–water partition coefficient (Wildman–Crippen LogP) is 6.98. The molecule has 2 nitrogen and oxygen atoms in total. The van der Waals surface area contributed by atoms with Crippen LogP contribution in [-0.4, -0.2) is 11.1 Å². The molecule has 1 aliphatic carbocycles. The van der Waals surface area contributed by atoms with Crippen molar-refractivity contribution < 1.29 is 9.90 Å². The number of hydrogen-bond acceptors (Lipinski definition) is 1. The molecule has 2 heteroatoms. The first-order valence-corrected chi connectivity index (χ1v) is 10.3. The predicted molar refractivity (Wildman–Crippen MR) is 125 cm³/mol. The molecule has 0 aromatic heterocycles. The SMILES string of the molecule is Cc1cc(C(=O)O)ccc1/C=C/c1ccc2c(c1)C(c1ccccc1)=CCC2(C)C. The van der Waals surface area contributed by atoms with Gasteiger partial charge in [0.1, 0.15) is 0 Å². The van der Waals surface area contributed by atoms with Crippen LogP contribution in [0.15, 0.2) is 72.8 Å². The van der Waals surface area contributed by atoms with E-state index in [1.54, 1.807) is 12.1 Å². The summed E-state index contributed by atoms with van der Waals surface area (Å²) < 4.78 is 0. The van der Waals surface area contributed by atoms with Crippen LogP contribution in [0.2, 0.25) is 0 Å². The van der Waals surface area contributed by atoms with E-state index in [1.165, 1.54) is 22.3 Å². The topological polar surface area (TPSA) is 37.3 Å². The first-order chi connectivity index (χ1) is 14.3. The summed E-state index contributed by atoms with van der Waals surface area (Å²) in [5, 5.41) is 9.16.